The van der Waals surface area contributed by atoms with E-state index in [1.54, 1.807) is 20.3 Å². The number of carbonyl (C=O) groups is 1. The number of aryl methyl sites for hydroxylation is 2. The van der Waals surface area contributed by atoms with Crippen LogP contribution >= 0.6 is 0 Å². The molecule has 0 aliphatic carbocycles. The van der Waals surface area contributed by atoms with E-state index in [4.69, 9.17) is 20.2 Å². The molecular weight excluding hydrogens is 442 g/mol. The molecule has 3 aromatic rings. The smallest absolute Gasteiger partial charge is 0.251 e. The van der Waals surface area contributed by atoms with Gasteiger partial charge in [-0.2, -0.15) is 4.98 Å². The Labute approximate surface area is 207 Å². The van der Waals surface area contributed by atoms with Crippen molar-refractivity contribution in [2.45, 2.75) is 46.5 Å². The zero-order valence-corrected chi connectivity index (χ0v) is 21.5. The first-order valence-corrected chi connectivity index (χ1v) is 12.3. The second kappa shape index (κ2) is 12.2. The highest BCUT2D eigenvalue weighted by Crippen LogP contribution is 2.34. The summed E-state index contributed by atoms with van der Waals surface area (Å²) in [7, 11) is 3.18. The second-order valence-corrected chi connectivity index (χ2v) is 8.47. The molecular formula is C27H37N5O3. The van der Waals surface area contributed by atoms with Gasteiger partial charge in [-0.1, -0.05) is 26.8 Å². The van der Waals surface area contributed by atoms with Gasteiger partial charge in [-0.3, -0.25) is 4.79 Å². The van der Waals surface area contributed by atoms with E-state index in [2.05, 4.69) is 42.0 Å². The van der Waals surface area contributed by atoms with Gasteiger partial charge in [-0.05, 0) is 55.0 Å². The Morgan fingerprint density at radius 3 is 2.20 bits per heavy atom. The van der Waals surface area contributed by atoms with Gasteiger partial charge in [0, 0.05) is 36.7 Å². The number of benzene rings is 2. The number of rotatable bonds is 12. The summed E-state index contributed by atoms with van der Waals surface area (Å²) in [5.74, 6) is 2.10. The number of amides is 1. The zero-order valence-electron chi connectivity index (χ0n) is 21.5. The van der Waals surface area contributed by atoms with Crippen LogP contribution in [0, 0.1) is 0 Å². The Hall–Kier alpha value is -3.55. The predicted molar refractivity (Wildman–Crippen MR) is 142 cm³/mol. The van der Waals surface area contributed by atoms with E-state index in [1.807, 2.05) is 18.2 Å². The van der Waals surface area contributed by atoms with Crippen molar-refractivity contribution in [1.29, 1.82) is 0 Å². The number of hydrogen-bond acceptors (Lipinski definition) is 7. The van der Waals surface area contributed by atoms with Crippen molar-refractivity contribution in [3.8, 4) is 11.5 Å². The maximum Gasteiger partial charge on any atom is 0.251 e. The second-order valence-electron chi connectivity index (χ2n) is 8.47. The van der Waals surface area contributed by atoms with Gasteiger partial charge in [0.2, 0.25) is 5.95 Å². The van der Waals surface area contributed by atoms with Gasteiger partial charge < -0.3 is 25.4 Å². The molecule has 3 rings (SSSR count). The van der Waals surface area contributed by atoms with E-state index in [0.29, 0.717) is 41.9 Å². The lowest BCUT2D eigenvalue weighted by atomic mass is 10.0. The Morgan fingerprint density at radius 2 is 1.60 bits per heavy atom. The lowest BCUT2D eigenvalue weighted by molar-refractivity contribution is 0.0953. The van der Waals surface area contributed by atoms with E-state index < -0.39 is 0 Å². The topological polar surface area (TPSA) is 103 Å². The van der Waals surface area contributed by atoms with Crippen molar-refractivity contribution in [2.75, 3.05) is 44.5 Å². The maximum atomic E-state index is 12.7. The average Bonchev–Trinajstić information content (AvgIpc) is 2.88. The number of nitrogens with two attached hydrogens (primary N) is 1. The molecule has 0 atom stereocenters. The number of ether oxygens (including phenoxy) is 2. The number of anilines is 2. The van der Waals surface area contributed by atoms with Crippen LogP contribution in [0.25, 0.3) is 10.9 Å². The van der Waals surface area contributed by atoms with Crippen molar-refractivity contribution < 1.29 is 14.3 Å². The van der Waals surface area contributed by atoms with Crippen LogP contribution in [0.1, 0.15) is 55.1 Å². The van der Waals surface area contributed by atoms with Crippen LogP contribution in [0.2, 0.25) is 0 Å². The van der Waals surface area contributed by atoms with Gasteiger partial charge in [0.25, 0.3) is 5.91 Å². The van der Waals surface area contributed by atoms with Crippen LogP contribution < -0.4 is 25.4 Å². The highest BCUT2D eigenvalue weighted by molar-refractivity contribution is 5.94. The molecule has 0 saturated carbocycles. The monoisotopic (exact) mass is 479 g/mol. The van der Waals surface area contributed by atoms with Crippen molar-refractivity contribution in [3.05, 3.63) is 47.0 Å². The summed E-state index contributed by atoms with van der Waals surface area (Å²) in [4.78, 5) is 24.2. The lowest BCUT2D eigenvalue weighted by Crippen LogP contribution is -2.31. The maximum absolute atomic E-state index is 12.7. The molecule has 8 nitrogen and oxygen atoms in total. The van der Waals surface area contributed by atoms with E-state index in [1.165, 1.54) is 11.1 Å². The molecule has 1 heterocycles. The minimum Gasteiger partial charge on any atom is -0.493 e. The number of nitrogen functional groups attached to an aromatic ring is 1. The number of carbonyl (C=O) groups excluding carboxylic acids is 1. The van der Waals surface area contributed by atoms with Crippen LogP contribution in [-0.2, 0) is 12.8 Å². The molecule has 35 heavy (non-hydrogen) atoms. The van der Waals surface area contributed by atoms with Crippen molar-refractivity contribution in [1.82, 2.24) is 15.3 Å². The predicted octanol–water partition coefficient (Wildman–Crippen LogP) is 4.39. The molecule has 1 aromatic heterocycles. The normalized spacial score (nSPS) is 10.9. The van der Waals surface area contributed by atoms with Crippen molar-refractivity contribution >= 4 is 28.6 Å². The Bertz CT molecular complexity index is 1140. The number of nitrogens with zero attached hydrogens (tertiary/aromatic N) is 3. The Balaban J connectivity index is 1.70. The summed E-state index contributed by atoms with van der Waals surface area (Å²) in [6.45, 7) is 8.36. The molecule has 0 fully saturated rings. The SMILES string of the molecule is CCCN(CCCNC(=O)c1cc(CC)cc(CC)c1)c1nc(N)c2cc(OC)c(OC)cc2n1. The molecule has 0 radical (unpaired) electrons. The molecule has 0 aliphatic rings. The Morgan fingerprint density at radius 1 is 0.943 bits per heavy atom. The highest BCUT2D eigenvalue weighted by atomic mass is 16.5. The quantitative estimate of drug-likeness (QED) is 0.371. The van der Waals surface area contributed by atoms with E-state index in [0.717, 1.165) is 43.2 Å². The molecule has 8 heteroatoms. The van der Waals surface area contributed by atoms with Gasteiger partial charge in [0.1, 0.15) is 5.82 Å². The largest absolute Gasteiger partial charge is 0.493 e. The molecule has 0 saturated heterocycles. The van der Waals surface area contributed by atoms with Crippen molar-refractivity contribution in [3.63, 3.8) is 0 Å². The summed E-state index contributed by atoms with van der Waals surface area (Å²) in [5.41, 5.74) is 10.1. The van der Waals surface area contributed by atoms with E-state index >= 15 is 0 Å². The fourth-order valence-electron chi connectivity index (χ4n) is 4.07. The highest BCUT2D eigenvalue weighted by Gasteiger charge is 2.16. The molecule has 1 amide bonds. The Kier molecular flexibility index (Phi) is 9.11. The summed E-state index contributed by atoms with van der Waals surface area (Å²) in [5, 5.41) is 3.78. The summed E-state index contributed by atoms with van der Waals surface area (Å²) in [6.07, 6.45) is 3.51. The number of nitrogens with one attached hydrogen (secondary N) is 1. The first kappa shape index (κ1) is 26.1. The molecule has 2 aromatic carbocycles. The third-order valence-corrected chi connectivity index (χ3v) is 6.02. The third kappa shape index (κ3) is 6.32. The van der Waals surface area contributed by atoms with E-state index in [9.17, 15) is 4.79 Å². The van der Waals surface area contributed by atoms with Gasteiger partial charge >= 0.3 is 0 Å². The molecule has 188 valence electrons. The summed E-state index contributed by atoms with van der Waals surface area (Å²) in [6, 6.07) is 9.74. The number of fused-ring (bicyclic) bond motifs is 1. The minimum atomic E-state index is -0.0377. The molecule has 0 unspecified atom stereocenters. The van der Waals surface area contributed by atoms with Crippen LogP contribution in [0.4, 0.5) is 11.8 Å². The van der Waals surface area contributed by atoms with E-state index in [-0.39, 0.29) is 5.91 Å². The minimum absolute atomic E-state index is 0.0377. The fourth-order valence-corrected chi connectivity index (χ4v) is 4.07. The van der Waals surface area contributed by atoms with Gasteiger partial charge in [0.05, 0.1) is 19.7 Å². The number of methoxy groups -OCH3 is 2. The summed E-state index contributed by atoms with van der Waals surface area (Å²) >= 11 is 0. The van der Waals surface area contributed by atoms with Crippen LogP contribution in [-0.4, -0.2) is 49.7 Å². The average molecular weight is 480 g/mol. The number of hydrogen-bond donors (Lipinski definition) is 2. The molecule has 0 spiro atoms. The standard InChI is InChI=1S/C27H37N5O3/c1-6-11-32(12-9-10-29-26(33)20-14-18(7-2)13-19(8-3)15-20)27-30-22-17-24(35-5)23(34-4)16-21(22)25(28)31-27/h13-17H,6-12H2,1-5H3,(H,29,33)(H2,28,30,31). The van der Waals surface area contributed by atoms with Crippen LogP contribution in [0.5, 0.6) is 11.5 Å². The summed E-state index contributed by atoms with van der Waals surface area (Å²) < 4.78 is 10.8. The van der Waals surface area contributed by atoms with Gasteiger partial charge in [-0.25, -0.2) is 4.98 Å². The first-order valence-electron chi connectivity index (χ1n) is 12.3. The van der Waals surface area contributed by atoms with Crippen LogP contribution in [0.3, 0.4) is 0 Å². The first-order chi connectivity index (χ1) is 16.9. The molecule has 3 N–H and O–H groups in total. The van der Waals surface area contributed by atoms with Crippen molar-refractivity contribution in [2.24, 2.45) is 0 Å². The zero-order chi connectivity index (χ0) is 25.4. The van der Waals surface area contributed by atoms with Gasteiger partial charge in [0.15, 0.2) is 11.5 Å². The van der Waals surface area contributed by atoms with Gasteiger partial charge in [-0.15, -0.1) is 0 Å². The lowest BCUT2D eigenvalue weighted by Gasteiger charge is -2.23. The fraction of sp³-hybridized carbons (Fsp3) is 0.444. The molecule has 0 aliphatic heterocycles. The molecule has 0 bridgehead atoms. The van der Waals surface area contributed by atoms with Crippen LogP contribution in [0.15, 0.2) is 30.3 Å². The number of aromatic nitrogens is 2. The third-order valence-electron chi connectivity index (χ3n) is 6.02.